The van der Waals surface area contributed by atoms with E-state index >= 15 is 0 Å². The standard InChI is InChI=1S/C11H19NO2S/c1-2-9(12-6-4-7-13)11(14)10-5-3-8-15-10/h3,5,8-9,11-14H,2,4,6-7H2,1H3. The van der Waals surface area contributed by atoms with Gasteiger partial charge in [0.1, 0.15) is 6.10 Å². The van der Waals surface area contributed by atoms with Crippen LogP contribution in [0.15, 0.2) is 17.5 Å². The normalized spacial score (nSPS) is 15.1. The van der Waals surface area contributed by atoms with Gasteiger partial charge in [-0.2, -0.15) is 0 Å². The van der Waals surface area contributed by atoms with E-state index in [1.807, 2.05) is 24.4 Å². The third kappa shape index (κ3) is 3.91. The monoisotopic (exact) mass is 229 g/mol. The Balaban J connectivity index is 2.43. The number of hydrogen-bond acceptors (Lipinski definition) is 4. The fraction of sp³-hybridized carbons (Fsp3) is 0.636. The Morgan fingerprint density at radius 3 is 2.87 bits per heavy atom. The minimum absolute atomic E-state index is 0.0789. The van der Waals surface area contributed by atoms with E-state index < -0.39 is 6.10 Å². The summed E-state index contributed by atoms with van der Waals surface area (Å²) in [6, 6.07) is 3.98. The van der Waals surface area contributed by atoms with Gasteiger partial charge in [0.05, 0.1) is 0 Å². The molecule has 0 saturated heterocycles. The molecule has 4 heteroatoms. The molecular formula is C11H19NO2S. The quantitative estimate of drug-likeness (QED) is 0.622. The molecule has 0 aliphatic carbocycles. The number of thiophene rings is 1. The minimum atomic E-state index is -0.436. The number of rotatable bonds is 7. The van der Waals surface area contributed by atoms with Crippen LogP contribution in [0.4, 0.5) is 0 Å². The van der Waals surface area contributed by atoms with Crippen LogP contribution in [0.5, 0.6) is 0 Å². The molecule has 1 aromatic rings. The molecular weight excluding hydrogens is 210 g/mol. The van der Waals surface area contributed by atoms with Crippen molar-refractivity contribution in [3.05, 3.63) is 22.4 Å². The van der Waals surface area contributed by atoms with E-state index in [1.165, 1.54) is 0 Å². The molecule has 0 spiro atoms. The van der Waals surface area contributed by atoms with E-state index in [-0.39, 0.29) is 12.6 Å². The van der Waals surface area contributed by atoms with Gasteiger partial charge in [-0.15, -0.1) is 11.3 Å². The Labute approximate surface area is 94.8 Å². The van der Waals surface area contributed by atoms with Crippen molar-refractivity contribution in [1.29, 1.82) is 0 Å². The highest BCUT2D eigenvalue weighted by atomic mass is 32.1. The molecule has 1 heterocycles. The van der Waals surface area contributed by atoms with Crippen LogP contribution in [0.25, 0.3) is 0 Å². The summed E-state index contributed by atoms with van der Waals surface area (Å²) in [5.41, 5.74) is 0. The molecule has 0 amide bonds. The summed E-state index contributed by atoms with van der Waals surface area (Å²) >= 11 is 1.57. The second kappa shape index (κ2) is 6.95. The molecule has 2 atom stereocenters. The van der Waals surface area contributed by atoms with Crippen molar-refractivity contribution in [2.75, 3.05) is 13.2 Å². The zero-order chi connectivity index (χ0) is 11.1. The lowest BCUT2D eigenvalue weighted by Gasteiger charge is -2.21. The second-order valence-corrected chi connectivity index (χ2v) is 4.49. The number of hydrogen-bond donors (Lipinski definition) is 3. The summed E-state index contributed by atoms with van der Waals surface area (Å²) in [4.78, 5) is 0.998. The molecule has 0 bridgehead atoms. The second-order valence-electron chi connectivity index (χ2n) is 3.51. The molecule has 0 aliphatic heterocycles. The number of aliphatic hydroxyl groups is 2. The largest absolute Gasteiger partial charge is 0.396 e. The van der Waals surface area contributed by atoms with Gasteiger partial charge >= 0.3 is 0 Å². The van der Waals surface area contributed by atoms with Crippen LogP contribution in [-0.2, 0) is 0 Å². The Bertz CT molecular complexity index is 251. The predicted octanol–water partition coefficient (Wildman–Crippen LogP) is 1.53. The first kappa shape index (κ1) is 12.6. The van der Waals surface area contributed by atoms with Crippen molar-refractivity contribution >= 4 is 11.3 Å². The zero-order valence-corrected chi connectivity index (χ0v) is 9.83. The van der Waals surface area contributed by atoms with Crippen molar-refractivity contribution in [2.24, 2.45) is 0 Å². The van der Waals surface area contributed by atoms with Crippen LogP contribution >= 0.6 is 11.3 Å². The van der Waals surface area contributed by atoms with Gasteiger partial charge in [-0.25, -0.2) is 0 Å². The minimum Gasteiger partial charge on any atom is -0.396 e. The highest BCUT2D eigenvalue weighted by Crippen LogP contribution is 2.23. The van der Waals surface area contributed by atoms with E-state index in [0.717, 1.165) is 24.3 Å². The molecule has 3 N–H and O–H groups in total. The maximum Gasteiger partial charge on any atom is 0.103 e. The smallest absolute Gasteiger partial charge is 0.103 e. The highest BCUT2D eigenvalue weighted by Gasteiger charge is 2.18. The lowest BCUT2D eigenvalue weighted by Crippen LogP contribution is -2.35. The Kier molecular flexibility index (Phi) is 5.86. The van der Waals surface area contributed by atoms with E-state index in [2.05, 4.69) is 5.32 Å². The molecule has 3 nitrogen and oxygen atoms in total. The van der Waals surface area contributed by atoms with Crippen LogP contribution in [0, 0.1) is 0 Å². The van der Waals surface area contributed by atoms with Gasteiger partial charge in [0, 0.05) is 17.5 Å². The van der Waals surface area contributed by atoms with Gasteiger partial charge in [0.25, 0.3) is 0 Å². The number of nitrogens with one attached hydrogen (secondary N) is 1. The summed E-state index contributed by atoms with van der Waals surface area (Å²) in [7, 11) is 0. The van der Waals surface area contributed by atoms with E-state index in [4.69, 9.17) is 5.11 Å². The van der Waals surface area contributed by atoms with Crippen LogP contribution < -0.4 is 5.32 Å². The van der Waals surface area contributed by atoms with Crippen LogP contribution in [0.3, 0.4) is 0 Å². The van der Waals surface area contributed by atoms with Crippen molar-refractivity contribution in [3.8, 4) is 0 Å². The molecule has 0 fully saturated rings. The fourth-order valence-corrected chi connectivity index (χ4v) is 2.28. The summed E-state index contributed by atoms with van der Waals surface area (Å²) < 4.78 is 0. The van der Waals surface area contributed by atoms with Crippen molar-refractivity contribution in [3.63, 3.8) is 0 Å². The maximum atomic E-state index is 10.1. The summed E-state index contributed by atoms with van der Waals surface area (Å²) in [5.74, 6) is 0. The highest BCUT2D eigenvalue weighted by molar-refractivity contribution is 7.10. The van der Waals surface area contributed by atoms with Gasteiger partial charge in [0.15, 0.2) is 0 Å². The zero-order valence-electron chi connectivity index (χ0n) is 9.02. The molecule has 0 saturated carbocycles. The summed E-state index contributed by atoms with van der Waals surface area (Å²) in [6.45, 7) is 2.99. The van der Waals surface area contributed by atoms with E-state index in [1.54, 1.807) is 11.3 Å². The Morgan fingerprint density at radius 2 is 2.33 bits per heavy atom. The van der Waals surface area contributed by atoms with Crippen molar-refractivity contribution in [2.45, 2.75) is 31.9 Å². The topological polar surface area (TPSA) is 52.5 Å². The third-order valence-corrected chi connectivity index (χ3v) is 3.34. The van der Waals surface area contributed by atoms with Crippen LogP contribution in [-0.4, -0.2) is 29.4 Å². The molecule has 15 heavy (non-hydrogen) atoms. The Morgan fingerprint density at radius 1 is 1.53 bits per heavy atom. The lowest BCUT2D eigenvalue weighted by atomic mass is 10.1. The molecule has 0 aliphatic rings. The predicted molar refractivity (Wildman–Crippen MR) is 63.1 cm³/mol. The van der Waals surface area contributed by atoms with Gasteiger partial charge in [0.2, 0.25) is 0 Å². The van der Waals surface area contributed by atoms with Gasteiger partial charge < -0.3 is 15.5 Å². The van der Waals surface area contributed by atoms with Crippen LogP contribution in [0.1, 0.15) is 30.7 Å². The van der Waals surface area contributed by atoms with Crippen LogP contribution in [0.2, 0.25) is 0 Å². The number of aliphatic hydroxyl groups excluding tert-OH is 2. The van der Waals surface area contributed by atoms with Gasteiger partial charge in [-0.3, -0.25) is 0 Å². The van der Waals surface area contributed by atoms with Crippen molar-refractivity contribution in [1.82, 2.24) is 5.32 Å². The fourth-order valence-electron chi connectivity index (χ4n) is 1.50. The Hall–Kier alpha value is -0.420. The molecule has 86 valence electrons. The SMILES string of the molecule is CCC(NCCCO)C(O)c1cccs1. The maximum absolute atomic E-state index is 10.1. The molecule has 2 unspecified atom stereocenters. The van der Waals surface area contributed by atoms with E-state index in [9.17, 15) is 5.11 Å². The summed E-state index contributed by atoms with van der Waals surface area (Å²) in [6.07, 6.45) is 1.17. The van der Waals surface area contributed by atoms with E-state index in [0.29, 0.717) is 0 Å². The first-order valence-corrected chi connectivity index (χ1v) is 6.23. The average Bonchev–Trinajstić information content (AvgIpc) is 2.77. The molecule has 1 aromatic heterocycles. The first-order chi connectivity index (χ1) is 7.29. The molecule has 1 rings (SSSR count). The molecule has 0 radical (unpaired) electrons. The summed E-state index contributed by atoms with van der Waals surface area (Å²) in [5, 5.41) is 24.0. The third-order valence-electron chi connectivity index (χ3n) is 2.40. The molecule has 0 aromatic carbocycles. The average molecular weight is 229 g/mol. The van der Waals surface area contributed by atoms with Gasteiger partial charge in [-0.1, -0.05) is 13.0 Å². The van der Waals surface area contributed by atoms with Crippen molar-refractivity contribution < 1.29 is 10.2 Å². The van der Waals surface area contributed by atoms with Gasteiger partial charge in [-0.05, 0) is 30.8 Å². The first-order valence-electron chi connectivity index (χ1n) is 5.35. The lowest BCUT2D eigenvalue weighted by molar-refractivity contribution is 0.128.